The van der Waals surface area contributed by atoms with Crippen molar-refractivity contribution in [2.75, 3.05) is 6.54 Å². The van der Waals surface area contributed by atoms with Gasteiger partial charge in [-0.15, -0.1) is 11.3 Å². The zero-order chi connectivity index (χ0) is 13.4. The van der Waals surface area contributed by atoms with Gasteiger partial charge in [0.15, 0.2) is 0 Å². The molecule has 0 aromatic carbocycles. The van der Waals surface area contributed by atoms with E-state index in [4.69, 9.17) is 0 Å². The predicted molar refractivity (Wildman–Crippen MR) is 75.2 cm³/mol. The Morgan fingerprint density at radius 3 is 2.95 bits per heavy atom. The topological polar surface area (TPSA) is 49.0 Å². The molecule has 1 aliphatic rings. The molecule has 0 aliphatic carbocycles. The number of H-pyrrole nitrogens is 1. The van der Waals surface area contributed by atoms with Crippen molar-refractivity contribution in [3.8, 4) is 0 Å². The van der Waals surface area contributed by atoms with Gasteiger partial charge in [0.1, 0.15) is 0 Å². The summed E-state index contributed by atoms with van der Waals surface area (Å²) >= 11 is 1.73. The van der Waals surface area contributed by atoms with Gasteiger partial charge in [-0.3, -0.25) is 9.89 Å². The molecular weight excluding hydrogens is 258 g/mol. The molecule has 2 aromatic rings. The van der Waals surface area contributed by atoms with E-state index in [0.717, 1.165) is 29.9 Å². The van der Waals surface area contributed by atoms with Crippen molar-refractivity contribution >= 4 is 17.2 Å². The van der Waals surface area contributed by atoms with Crippen LogP contribution in [0.3, 0.4) is 0 Å². The maximum Gasteiger partial charge on any atom is 0.227 e. The second-order valence-corrected chi connectivity index (χ2v) is 5.98. The molecule has 2 aromatic heterocycles. The minimum Gasteiger partial charge on any atom is -0.334 e. The minimum atomic E-state index is 0.206. The van der Waals surface area contributed by atoms with E-state index in [1.165, 1.54) is 4.88 Å². The van der Waals surface area contributed by atoms with Gasteiger partial charge in [0.05, 0.1) is 18.2 Å². The van der Waals surface area contributed by atoms with Crippen LogP contribution in [-0.2, 0) is 11.2 Å². The molecule has 19 heavy (non-hydrogen) atoms. The summed E-state index contributed by atoms with van der Waals surface area (Å²) in [6, 6.07) is 4.45. The molecule has 1 saturated heterocycles. The molecule has 4 nitrogen and oxygen atoms in total. The molecule has 100 valence electrons. The van der Waals surface area contributed by atoms with Crippen molar-refractivity contribution in [1.29, 1.82) is 0 Å². The van der Waals surface area contributed by atoms with Gasteiger partial charge in [-0.25, -0.2) is 0 Å². The van der Waals surface area contributed by atoms with E-state index in [9.17, 15) is 4.79 Å². The van der Waals surface area contributed by atoms with Gasteiger partial charge in [0, 0.05) is 22.7 Å². The van der Waals surface area contributed by atoms with Crippen LogP contribution in [0.2, 0.25) is 0 Å². The van der Waals surface area contributed by atoms with Crippen LogP contribution in [0.5, 0.6) is 0 Å². The Labute approximate surface area is 116 Å². The van der Waals surface area contributed by atoms with Gasteiger partial charge in [0.2, 0.25) is 5.91 Å². The highest BCUT2D eigenvalue weighted by atomic mass is 32.1. The monoisotopic (exact) mass is 275 g/mol. The molecule has 3 rings (SSSR count). The van der Waals surface area contributed by atoms with Crippen LogP contribution in [0.4, 0.5) is 0 Å². The summed E-state index contributed by atoms with van der Waals surface area (Å²) in [7, 11) is 0. The van der Waals surface area contributed by atoms with Crippen molar-refractivity contribution in [2.45, 2.75) is 32.7 Å². The Morgan fingerprint density at radius 2 is 2.42 bits per heavy atom. The van der Waals surface area contributed by atoms with Crippen molar-refractivity contribution in [3.63, 3.8) is 0 Å². The predicted octanol–water partition coefficient (Wildman–Crippen LogP) is 2.60. The van der Waals surface area contributed by atoms with E-state index in [2.05, 4.69) is 21.6 Å². The fraction of sp³-hybridized carbons (Fsp3) is 0.429. The highest BCUT2D eigenvalue weighted by Gasteiger charge is 2.34. The fourth-order valence-corrected chi connectivity index (χ4v) is 3.42. The van der Waals surface area contributed by atoms with Gasteiger partial charge < -0.3 is 4.90 Å². The van der Waals surface area contributed by atoms with Crippen molar-refractivity contribution in [2.24, 2.45) is 0 Å². The van der Waals surface area contributed by atoms with Crippen LogP contribution in [0.25, 0.3) is 0 Å². The second kappa shape index (κ2) is 4.81. The first kappa shape index (κ1) is 12.4. The number of carbonyl (C=O) groups is 1. The minimum absolute atomic E-state index is 0.206. The Hall–Kier alpha value is -1.62. The lowest BCUT2D eigenvalue weighted by molar-refractivity contribution is -0.138. The van der Waals surface area contributed by atoms with Crippen molar-refractivity contribution < 1.29 is 4.79 Å². The number of aromatic nitrogens is 2. The Morgan fingerprint density at radius 1 is 1.58 bits per heavy atom. The third-order valence-electron chi connectivity index (χ3n) is 3.82. The summed E-state index contributed by atoms with van der Waals surface area (Å²) in [6.07, 6.45) is 1.53. The first-order valence-electron chi connectivity index (χ1n) is 6.50. The van der Waals surface area contributed by atoms with Gasteiger partial charge in [-0.2, -0.15) is 5.10 Å². The average molecular weight is 275 g/mol. The lowest BCUT2D eigenvalue weighted by Gasteiger charge is -2.40. The van der Waals surface area contributed by atoms with Crippen LogP contribution in [0.15, 0.2) is 17.5 Å². The van der Waals surface area contributed by atoms with Crippen LogP contribution < -0.4 is 0 Å². The molecule has 1 fully saturated rings. The van der Waals surface area contributed by atoms with Gasteiger partial charge in [0.25, 0.3) is 0 Å². The first-order valence-corrected chi connectivity index (χ1v) is 7.38. The molecule has 3 heterocycles. The SMILES string of the molecule is Cc1n[nH]c(C)c1CC(=O)N1CC[C@H]1c1cccs1. The van der Waals surface area contributed by atoms with Crippen LogP contribution in [0.1, 0.15) is 34.3 Å². The molecule has 0 spiro atoms. The molecule has 1 amide bonds. The zero-order valence-corrected chi connectivity index (χ0v) is 12.0. The quantitative estimate of drug-likeness (QED) is 0.936. The highest BCUT2D eigenvalue weighted by molar-refractivity contribution is 7.10. The molecule has 0 radical (unpaired) electrons. The van der Waals surface area contributed by atoms with E-state index in [-0.39, 0.29) is 5.91 Å². The summed E-state index contributed by atoms with van der Waals surface area (Å²) in [5.74, 6) is 0.206. The van der Waals surface area contributed by atoms with E-state index >= 15 is 0 Å². The van der Waals surface area contributed by atoms with Crippen LogP contribution >= 0.6 is 11.3 Å². The van der Waals surface area contributed by atoms with Crippen molar-refractivity contribution in [3.05, 3.63) is 39.3 Å². The lowest BCUT2D eigenvalue weighted by Crippen LogP contribution is -2.45. The second-order valence-electron chi connectivity index (χ2n) is 5.00. The molecule has 0 unspecified atom stereocenters. The van der Waals surface area contributed by atoms with E-state index in [0.29, 0.717) is 12.5 Å². The van der Waals surface area contributed by atoms with E-state index < -0.39 is 0 Å². The number of aryl methyl sites for hydroxylation is 2. The Balaban J connectivity index is 1.72. The zero-order valence-electron chi connectivity index (χ0n) is 11.1. The summed E-state index contributed by atoms with van der Waals surface area (Å²) in [5, 5.41) is 9.16. The summed E-state index contributed by atoms with van der Waals surface area (Å²) in [5.41, 5.74) is 2.97. The van der Waals surface area contributed by atoms with E-state index in [1.54, 1.807) is 11.3 Å². The molecule has 0 bridgehead atoms. The Bertz CT molecular complexity index is 568. The summed E-state index contributed by atoms with van der Waals surface area (Å²) in [4.78, 5) is 15.7. The third kappa shape index (κ3) is 2.18. The molecular formula is C14H17N3OS. The standard InChI is InChI=1S/C14H17N3OS/c1-9-11(10(2)16-15-9)8-14(18)17-6-5-12(17)13-4-3-7-19-13/h3-4,7,12H,5-6,8H2,1-2H3,(H,15,16)/t12-/m0/s1. The normalized spacial score (nSPS) is 18.4. The largest absolute Gasteiger partial charge is 0.334 e. The number of carbonyl (C=O) groups excluding carboxylic acids is 1. The number of rotatable bonds is 3. The maximum absolute atomic E-state index is 12.4. The number of hydrogen-bond acceptors (Lipinski definition) is 3. The third-order valence-corrected chi connectivity index (χ3v) is 4.79. The van der Waals surface area contributed by atoms with Crippen molar-refractivity contribution in [1.82, 2.24) is 15.1 Å². The van der Waals surface area contributed by atoms with Crippen LogP contribution in [0, 0.1) is 13.8 Å². The number of nitrogens with zero attached hydrogens (tertiary/aromatic N) is 2. The number of nitrogens with one attached hydrogen (secondary N) is 1. The van der Waals surface area contributed by atoms with Gasteiger partial charge in [-0.05, 0) is 31.7 Å². The molecule has 1 N–H and O–H groups in total. The first-order chi connectivity index (χ1) is 9.16. The maximum atomic E-state index is 12.4. The molecule has 0 saturated carbocycles. The van der Waals surface area contributed by atoms with E-state index in [1.807, 2.05) is 24.8 Å². The van der Waals surface area contributed by atoms with Gasteiger partial charge >= 0.3 is 0 Å². The smallest absolute Gasteiger partial charge is 0.227 e. The number of thiophene rings is 1. The molecule has 1 atom stereocenters. The van der Waals surface area contributed by atoms with Crippen LogP contribution in [-0.4, -0.2) is 27.5 Å². The number of hydrogen-bond donors (Lipinski definition) is 1. The summed E-state index contributed by atoms with van der Waals surface area (Å²) in [6.45, 7) is 4.78. The van der Waals surface area contributed by atoms with Gasteiger partial charge in [-0.1, -0.05) is 6.07 Å². The molecule has 1 aliphatic heterocycles. The highest BCUT2D eigenvalue weighted by Crippen LogP contribution is 2.36. The summed E-state index contributed by atoms with van der Waals surface area (Å²) < 4.78 is 0. The number of aromatic amines is 1. The average Bonchev–Trinajstić information content (AvgIpc) is 2.93. The molecule has 5 heteroatoms. The fourth-order valence-electron chi connectivity index (χ4n) is 2.55. The Kier molecular flexibility index (Phi) is 3.14. The number of amides is 1. The lowest BCUT2D eigenvalue weighted by atomic mass is 9.99. The number of likely N-dealkylation sites (tertiary alicyclic amines) is 1.